The number of anilines is 2. The molecule has 0 radical (unpaired) electrons. The summed E-state index contributed by atoms with van der Waals surface area (Å²) < 4.78 is 39.2. The highest BCUT2D eigenvalue weighted by atomic mass is 35.5. The van der Waals surface area contributed by atoms with Gasteiger partial charge in [-0.05, 0) is 18.6 Å². The van der Waals surface area contributed by atoms with Crippen LogP contribution in [0.15, 0.2) is 29.4 Å². The van der Waals surface area contributed by atoms with Gasteiger partial charge < -0.3 is 10.4 Å². The van der Waals surface area contributed by atoms with Crippen LogP contribution in [0.1, 0.15) is 12.5 Å². The van der Waals surface area contributed by atoms with Gasteiger partial charge in [0.2, 0.25) is 10.0 Å². The maximum absolute atomic E-state index is 14.0. The van der Waals surface area contributed by atoms with Gasteiger partial charge in [0.05, 0.1) is 17.9 Å². The van der Waals surface area contributed by atoms with Crippen molar-refractivity contribution in [3.05, 3.63) is 40.7 Å². The maximum Gasteiger partial charge on any atom is 0.230 e. The monoisotopic (exact) mass is 420 g/mol. The number of hydrogen-bond donors (Lipinski definition) is 3. The Morgan fingerprint density at radius 1 is 1.35 bits per heavy atom. The van der Waals surface area contributed by atoms with Gasteiger partial charge in [-0.15, -0.1) is 0 Å². The third kappa shape index (κ3) is 6.27. The number of aromatic nitrogens is 2. The van der Waals surface area contributed by atoms with Crippen LogP contribution in [0.3, 0.4) is 0 Å². The lowest BCUT2D eigenvalue weighted by Crippen LogP contribution is -2.21. The van der Waals surface area contributed by atoms with Crippen molar-refractivity contribution in [2.75, 3.05) is 22.9 Å². The van der Waals surface area contributed by atoms with Crippen molar-refractivity contribution in [2.24, 2.45) is 0 Å². The Hall–Kier alpha value is -1.62. The highest BCUT2D eigenvalue weighted by molar-refractivity contribution is 7.98. The lowest BCUT2D eigenvalue weighted by molar-refractivity contribution is 0.281. The molecule has 0 spiro atoms. The first-order valence-corrected chi connectivity index (χ1v) is 10.7. The van der Waals surface area contributed by atoms with Crippen molar-refractivity contribution in [3.63, 3.8) is 0 Å². The molecule has 2 aromatic rings. The van der Waals surface area contributed by atoms with Crippen molar-refractivity contribution in [1.29, 1.82) is 0 Å². The zero-order valence-electron chi connectivity index (χ0n) is 14.0. The quantitative estimate of drug-likeness (QED) is 0.445. The normalized spacial score (nSPS) is 12.7. The van der Waals surface area contributed by atoms with Crippen LogP contribution in [0.5, 0.6) is 0 Å². The average molecular weight is 421 g/mol. The SMILES string of the molecule is C[C@H](CO)Nc1cc(NS(C)(=O)=O)nc(SCc2cccc(Cl)c2F)n1. The molecule has 26 heavy (non-hydrogen) atoms. The Balaban J connectivity index is 2.26. The molecule has 11 heteroatoms. The van der Waals surface area contributed by atoms with Gasteiger partial charge in [0, 0.05) is 17.9 Å². The third-order valence-electron chi connectivity index (χ3n) is 3.05. The van der Waals surface area contributed by atoms with Crippen LogP contribution in [0.4, 0.5) is 16.0 Å². The Kier molecular flexibility index (Phi) is 7.04. The van der Waals surface area contributed by atoms with E-state index in [-0.39, 0.29) is 34.4 Å². The van der Waals surface area contributed by atoms with Gasteiger partial charge in [-0.3, -0.25) is 4.72 Å². The molecule has 2 rings (SSSR count). The van der Waals surface area contributed by atoms with Crippen LogP contribution in [0, 0.1) is 5.82 Å². The van der Waals surface area contributed by atoms with Crippen molar-refractivity contribution in [2.45, 2.75) is 23.9 Å². The van der Waals surface area contributed by atoms with Crippen molar-refractivity contribution >= 4 is 45.0 Å². The van der Waals surface area contributed by atoms with E-state index >= 15 is 0 Å². The Labute approximate surface area is 160 Å². The Morgan fingerprint density at radius 2 is 2.04 bits per heavy atom. The highest BCUT2D eigenvalue weighted by Crippen LogP contribution is 2.27. The fourth-order valence-corrected chi connectivity index (χ4v) is 3.42. The summed E-state index contributed by atoms with van der Waals surface area (Å²) in [5.74, 6) is 0.106. The molecule has 1 atom stereocenters. The molecule has 0 aliphatic heterocycles. The third-order valence-corrected chi connectivity index (χ3v) is 4.82. The van der Waals surface area contributed by atoms with E-state index in [1.165, 1.54) is 12.1 Å². The number of halogens is 2. The summed E-state index contributed by atoms with van der Waals surface area (Å²) in [5, 5.41) is 12.4. The van der Waals surface area contributed by atoms with E-state index in [0.717, 1.165) is 18.0 Å². The minimum absolute atomic E-state index is 0.0237. The molecule has 0 amide bonds. The average Bonchev–Trinajstić information content (AvgIpc) is 2.54. The number of thioether (sulfide) groups is 1. The van der Waals surface area contributed by atoms with Gasteiger partial charge >= 0.3 is 0 Å². The summed E-state index contributed by atoms with van der Waals surface area (Å²) in [5.41, 5.74) is 0.380. The number of benzene rings is 1. The molecule has 1 heterocycles. The van der Waals surface area contributed by atoms with Crippen LogP contribution in [-0.2, 0) is 15.8 Å². The van der Waals surface area contributed by atoms with E-state index in [1.54, 1.807) is 19.1 Å². The molecule has 0 aliphatic carbocycles. The van der Waals surface area contributed by atoms with Crippen molar-refractivity contribution < 1.29 is 17.9 Å². The molecule has 0 aliphatic rings. The first kappa shape index (κ1) is 20.7. The van der Waals surface area contributed by atoms with E-state index < -0.39 is 15.8 Å². The van der Waals surface area contributed by atoms with Gasteiger partial charge in [-0.2, -0.15) is 0 Å². The van der Waals surface area contributed by atoms with Crippen LogP contribution >= 0.6 is 23.4 Å². The zero-order valence-corrected chi connectivity index (χ0v) is 16.4. The van der Waals surface area contributed by atoms with E-state index in [9.17, 15) is 12.8 Å². The van der Waals surface area contributed by atoms with E-state index in [1.807, 2.05) is 0 Å². The van der Waals surface area contributed by atoms with Gasteiger partial charge in [-0.25, -0.2) is 22.8 Å². The predicted molar refractivity (Wildman–Crippen MR) is 102 cm³/mol. The second-order valence-electron chi connectivity index (χ2n) is 5.52. The number of aliphatic hydroxyl groups is 1. The largest absolute Gasteiger partial charge is 0.394 e. The fourth-order valence-electron chi connectivity index (χ4n) is 1.91. The first-order chi connectivity index (χ1) is 12.2. The number of nitrogens with one attached hydrogen (secondary N) is 2. The smallest absolute Gasteiger partial charge is 0.230 e. The molecule has 0 fully saturated rings. The van der Waals surface area contributed by atoms with Gasteiger partial charge in [0.15, 0.2) is 5.16 Å². The van der Waals surface area contributed by atoms with Crippen LogP contribution < -0.4 is 10.0 Å². The molecule has 3 N–H and O–H groups in total. The molecule has 142 valence electrons. The van der Waals surface area contributed by atoms with Gasteiger partial charge in [-0.1, -0.05) is 35.5 Å². The second kappa shape index (κ2) is 8.85. The molecule has 0 unspecified atom stereocenters. The lowest BCUT2D eigenvalue weighted by Gasteiger charge is -2.14. The summed E-state index contributed by atoms with van der Waals surface area (Å²) in [6.07, 6.45) is 1.01. The number of sulfonamides is 1. The summed E-state index contributed by atoms with van der Waals surface area (Å²) in [6.45, 7) is 1.61. The summed E-state index contributed by atoms with van der Waals surface area (Å²) in [7, 11) is -3.53. The molecule has 1 aromatic heterocycles. The van der Waals surface area contributed by atoms with Crippen LogP contribution in [0.25, 0.3) is 0 Å². The number of nitrogens with zero attached hydrogens (tertiary/aromatic N) is 2. The minimum Gasteiger partial charge on any atom is -0.394 e. The molecule has 0 bridgehead atoms. The topological polar surface area (TPSA) is 104 Å². The van der Waals surface area contributed by atoms with Crippen LogP contribution in [0.2, 0.25) is 5.02 Å². The molecular formula is C15H18ClFN4O3S2. The maximum atomic E-state index is 14.0. The molecule has 0 saturated heterocycles. The minimum atomic E-state index is -3.53. The molecule has 0 saturated carbocycles. The number of rotatable bonds is 8. The zero-order chi connectivity index (χ0) is 19.3. The summed E-state index contributed by atoms with van der Waals surface area (Å²) in [6, 6.07) is 5.81. The molecule has 7 nitrogen and oxygen atoms in total. The predicted octanol–water partition coefficient (Wildman–Crippen LogP) is 2.73. The molecule has 1 aromatic carbocycles. The van der Waals surface area contributed by atoms with E-state index in [4.69, 9.17) is 16.7 Å². The standard InChI is InChI=1S/C15H18ClFN4O3S2/c1-9(7-22)18-12-6-13(21-26(2,23)24)20-15(19-12)25-8-10-4-3-5-11(16)14(10)17/h3-6,9,22H,7-8H2,1-2H3,(H2,18,19,20,21)/t9-/m1/s1. The first-order valence-electron chi connectivity index (χ1n) is 7.48. The number of aliphatic hydroxyl groups excluding tert-OH is 1. The second-order valence-corrected chi connectivity index (χ2v) is 8.62. The lowest BCUT2D eigenvalue weighted by atomic mass is 10.2. The van der Waals surface area contributed by atoms with Gasteiger partial charge in [0.1, 0.15) is 17.5 Å². The summed E-state index contributed by atoms with van der Waals surface area (Å²) >= 11 is 6.89. The van der Waals surface area contributed by atoms with Gasteiger partial charge in [0.25, 0.3) is 0 Å². The highest BCUT2D eigenvalue weighted by Gasteiger charge is 2.12. The van der Waals surface area contributed by atoms with Crippen molar-refractivity contribution in [1.82, 2.24) is 9.97 Å². The molecular weight excluding hydrogens is 403 g/mol. The Morgan fingerprint density at radius 3 is 2.69 bits per heavy atom. The van der Waals surface area contributed by atoms with E-state index in [2.05, 4.69) is 20.0 Å². The van der Waals surface area contributed by atoms with E-state index in [0.29, 0.717) is 11.4 Å². The summed E-state index contributed by atoms with van der Waals surface area (Å²) in [4.78, 5) is 8.38. The number of hydrogen-bond acceptors (Lipinski definition) is 7. The Bertz CT molecular complexity index is 883. The van der Waals surface area contributed by atoms with Crippen molar-refractivity contribution in [3.8, 4) is 0 Å². The fraction of sp³-hybridized carbons (Fsp3) is 0.333. The van der Waals surface area contributed by atoms with Crippen LogP contribution in [-0.4, -0.2) is 42.4 Å².